The van der Waals surface area contributed by atoms with E-state index >= 15 is 0 Å². The van der Waals surface area contributed by atoms with Crippen LogP contribution in [0, 0.1) is 0 Å². The zero-order chi connectivity index (χ0) is 16.8. The van der Waals surface area contributed by atoms with Gasteiger partial charge in [0.2, 0.25) is 15.9 Å². The van der Waals surface area contributed by atoms with E-state index in [4.69, 9.17) is 0 Å². The second-order valence-corrected chi connectivity index (χ2v) is 7.57. The summed E-state index contributed by atoms with van der Waals surface area (Å²) in [5.74, 6) is -0.0524. The molecule has 1 aromatic rings. The smallest absolute Gasteiger partial charge is 0.223 e. The van der Waals surface area contributed by atoms with Crippen molar-refractivity contribution in [3.05, 3.63) is 30.1 Å². The van der Waals surface area contributed by atoms with E-state index in [1.165, 1.54) is 10.6 Å². The van der Waals surface area contributed by atoms with Crippen LogP contribution in [0.2, 0.25) is 0 Å². The predicted octanol–water partition coefficient (Wildman–Crippen LogP) is 1.14. The summed E-state index contributed by atoms with van der Waals surface area (Å²) in [6, 6.07) is 3.69. The first kappa shape index (κ1) is 18.6. The molecule has 6 nitrogen and oxygen atoms in total. The van der Waals surface area contributed by atoms with Crippen molar-refractivity contribution in [1.29, 1.82) is 0 Å². The molecule has 0 saturated carbocycles. The van der Waals surface area contributed by atoms with E-state index in [9.17, 15) is 13.2 Å². The average molecular weight is 327 g/mol. The zero-order valence-corrected chi connectivity index (χ0v) is 14.5. The number of carbonyl (C=O) groups excluding carboxylic acids is 1. The molecule has 0 aromatic carbocycles. The Kier molecular flexibility index (Phi) is 6.96. The molecule has 0 N–H and O–H groups in total. The van der Waals surface area contributed by atoms with Crippen molar-refractivity contribution in [3.8, 4) is 0 Å². The monoisotopic (exact) mass is 327 g/mol. The Morgan fingerprint density at radius 1 is 1.23 bits per heavy atom. The van der Waals surface area contributed by atoms with Crippen LogP contribution in [0.5, 0.6) is 0 Å². The van der Waals surface area contributed by atoms with E-state index in [0.29, 0.717) is 6.54 Å². The van der Waals surface area contributed by atoms with Gasteiger partial charge in [-0.25, -0.2) is 8.42 Å². The Labute approximate surface area is 133 Å². The topological polar surface area (TPSA) is 70.6 Å². The van der Waals surface area contributed by atoms with Crippen LogP contribution < -0.4 is 0 Å². The lowest BCUT2D eigenvalue weighted by molar-refractivity contribution is -0.130. The van der Waals surface area contributed by atoms with Gasteiger partial charge < -0.3 is 4.90 Å². The Morgan fingerprint density at radius 3 is 2.32 bits per heavy atom. The van der Waals surface area contributed by atoms with Crippen LogP contribution in [0.25, 0.3) is 0 Å². The third-order valence-electron chi connectivity index (χ3n) is 3.46. The first-order valence-corrected chi connectivity index (χ1v) is 9.16. The van der Waals surface area contributed by atoms with Gasteiger partial charge in [-0.2, -0.15) is 4.31 Å². The van der Waals surface area contributed by atoms with E-state index in [2.05, 4.69) is 4.98 Å². The van der Waals surface area contributed by atoms with Crippen molar-refractivity contribution in [3.63, 3.8) is 0 Å². The van der Waals surface area contributed by atoms with Gasteiger partial charge in [0.05, 0.1) is 6.26 Å². The fourth-order valence-corrected chi connectivity index (χ4v) is 3.36. The number of nitrogens with zero attached hydrogens (tertiary/aromatic N) is 3. The highest BCUT2D eigenvalue weighted by molar-refractivity contribution is 7.88. The number of rotatable bonds is 8. The maximum Gasteiger partial charge on any atom is 0.223 e. The summed E-state index contributed by atoms with van der Waals surface area (Å²) in [5.41, 5.74) is 1.12. The molecule has 0 aliphatic heterocycles. The minimum absolute atomic E-state index is 0.0524. The fraction of sp³-hybridized carbons (Fsp3) is 0.600. The van der Waals surface area contributed by atoms with Crippen LogP contribution in [0.1, 0.15) is 25.8 Å². The van der Waals surface area contributed by atoms with Crippen molar-refractivity contribution in [2.45, 2.75) is 32.7 Å². The van der Waals surface area contributed by atoms with Gasteiger partial charge in [0.15, 0.2) is 0 Å². The third-order valence-corrected chi connectivity index (χ3v) is 4.92. The van der Waals surface area contributed by atoms with Gasteiger partial charge in [0.1, 0.15) is 0 Å². The van der Waals surface area contributed by atoms with Crippen LogP contribution >= 0.6 is 0 Å². The number of pyridine rings is 1. The minimum Gasteiger partial charge on any atom is -0.345 e. The molecule has 0 fully saturated rings. The highest BCUT2D eigenvalue weighted by Crippen LogP contribution is 2.07. The van der Waals surface area contributed by atoms with E-state index < -0.39 is 10.0 Å². The summed E-state index contributed by atoms with van der Waals surface area (Å²) in [7, 11) is -1.55. The number of carbonyl (C=O) groups is 1. The van der Waals surface area contributed by atoms with E-state index in [0.717, 1.165) is 12.0 Å². The molecule has 0 bridgehead atoms. The van der Waals surface area contributed by atoms with Crippen molar-refractivity contribution in [1.82, 2.24) is 14.2 Å². The average Bonchev–Trinajstić information content (AvgIpc) is 2.44. The molecule has 7 heteroatoms. The van der Waals surface area contributed by atoms with Gasteiger partial charge in [-0.3, -0.25) is 9.78 Å². The van der Waals surface area contributed by atoms with Crippen LogP contribution in [0.15, 0.2) is 24.5 Å². The molecule has 1 heterocycles. The van der Waals surface area contributed by atoms with Crippen molar-refractivity contribution >= 4 is 15.9 Å². The van der Waals surface area contributed by atoms with Gasteiger partial charge >= 0.3 is 0 Å². The molecule has 124 valence electrons. The number of amides is 1. The second kappa shape index (κ2) is 8.24. The quantitative estimate of drug-likeness (QED) is 0.718. The number of likely N-dealkylation sites (N-methyl/N-ethyl adjacent to an activating group) is 1. The Balaban J connectivity index is 2.47. The Bertz CT molecular complexity index is 573. The molecule has 1 amide bonds. The minimum atomic E-state index is -3.29. The summed E-state index contributed by atoms with van der Waals surface area (Å²) < 4.78 is 24.7. The fourth-order valence-electron chi connectivity index (χ4n) is 2.17. The lowest BCUT2D eigenvalue weighted by Gasteiger charge is -2.25. The van der Waals surface area contributed by atoms with E-state index in [-0.39, 0.29) is 24.9 Å². The van der Waals surface area contributed by atoms with Gasteiger partial charge in [0, 0.05) is 45.0 Å². The van der Waals surface area contributed by atoms with Crippen molar-refractivity contribution in [2.75, 3.05) is 26.4 Å². The number of hydrogen-bond donors (Lipinski definition) is 0. The first-order chi connectivity index (χ1) is 10.2. The lowest BCUT2D eigenvalue weighted by atomic mass is 10.2. The zero-order valence-electron chi connectivity index (χ0n) is 13.7. The van der Waals surface area contributed by atoms with Crippen molar-refractivity contribution in [2.24, 2.45) is 0 Å². The van der Waals surface area contributed by atoms with Crippen LogP contribution in [-0.2, 0) is 21.2 Å². The summed E-state index contributed by atoms with van der Waals surface area (Å²) in [6.07, 6.45) is 5.57. The maximum absolute atomic E-state index is 12.1. The number of aromatic nitrogens is 1. The van der Waals surface area contributed by atoms with Crippen LogP contribution in [0.4, 0.5) is 0 Å². The predicted molar refractivity (Wildman–Crippen MR) is 86.9 cm³/mol. The molecule has 22 heavy (non-hydrogen) atoms. The third kappa shape index (κ3) is 6.11. The molecule has 0 spiro atoms. The SMILES string of the molecule is CC(C)N(CCC(=O)N(C)CCc1ccncc1)S(C)(=O)=O. The van der Waals surface area contributed by atoms with Gasteiger partial charge in [-0.05, 0) is 38.0 Å². The molecule has 0 unspecified atom stereocenters. The van der Waals surface area contributed by atoms with Crippen LogP contribution in [0.3, 0.4) is 0 Å². The van der Waals surface area contributed by atoms with Gasteiger partial charge in [-0.1, -0.05) is 0 Å². The molecule has 1 rings (SSSR count). The molecular weight excluding hydrogens is 302 g/mol. The molecule has 0 radical (unpaired) electrons. The Hall–Kier alpha value is -1.47. The molecule has 1 aromatic heterocycles. The number of hydrogen-bond acceptors (Lipinski definition) is 4. The highest BCUT2D eigenvalue weighted by Gasteiger charge is 2.21. The largest absolute Gasteiger partial charge is 0.345 e. The lowest BCUT2D eigenvalue weighted by Crippen LogP contribution is -2.39. The summed E-state index contributed by atoms with van der Waals surface area (Å²) in [6.45, 7) is 4.43. The van der Waals surface area contributed by atoms with Crippen LogP contribution in [-0.4, -0.2) is 60.9 Å². The first-order valence-electron chi connectivity index (χ1n) is 7.31. The van der Waals surface area contributed by atoms with E-state index in [1.807, 2.05) is 12.1 Å². The standard InChI is InChI=1S/C15H25N3O3S/c1-13(2)18(22(4,20)21)12-8-15(19)17(3)11-7-14-5-9-16-10-6-14/h5-6,9-10,13H,7-8,11-12H2,1-4H3. The van der Waals surface area contributed by atoms with E-state index in [1.54, 1.807) is 38.2 Å². The molecule has 0 aliphatic rings. The molecule has 0 saturated heterocycles. The highest BCUT2D eigenvalue weighted by atomic mass is 32.2. The molecule has 0 atom stereocenters. The number of sulfonamides is 1. The molecule has 0 aliphatic carbocycles. The maximum atomic E-state index is 12.1. The normalized spacial score (nSPS) is 11.9. The summed E-state index contributed by atoms with van der Waals surface area (Å²) in [4.78, 5) is 17.7. The Morgan fingerprint density at radius 2 is 1.82 bits per heavy atom. The van der Waals surface area contributed by atoms with Gasteiger partial charge in [0.25, 0.3) is 0 Å². The van der Waals surface area contributed by atoms with Crippen molar-refractivity contribution < 1.29 is 13.2 Å². The van der Waals surface area contributed by atoms with Gasteiger partial charge in [-0.15, -0.1) is 0 Å². The summed E-state index contributed by atoms with van der Waals surface area (Å²) in [5, 5.41) is 0. The molecular formula is C15H25N3O3S. The summed E-state index contributed by atoms with van der Waals surface area (Å²) >= 11 is 0. The second-order valence-electron chi connectivity index (χ2n) is 5.64.